The molecule has 1 fully saturated rings. The normalized spacial score (nSPS) is 17.2. The lowest BCUT2D eigenvalue weighted by Gasteiger charge is -2.35. The quantitative estimate of drug-likeness (QED) is 0.906. The van der Waals surface area contributed by atoms with Crippen molar-refractivity contribution < 1.29 is 9.90 Å². The van der Waals surface area contributed by atoms with Crippen LogP contribution >= 0.6 is 15.9 Å². The standard InChI is InChI=1S/C12H15BrN2O2/c1-14-5-7-15(8-6-14)11-9(12(16)17)3-2-4-10(11)13/h2-4H,5-8H2,1H3,(H,16,17). The zero-order valence-electron chi connectivity index (χ0n) is 9.69. The van der Waals surface area contributed by atoms with E-state index in [0.29, 0.717) is 5.56 Å². The maximum atomic E-state index is 11.2. The highest BCUT2D eigenvalue weighted by molar-refractivity contribution is 9.10. The highest BCUT2D eigenvalue weighted by Crippen LogP contribution is 2.31. The number of likely N-dealkylation sites (N-methyl/N-ethyl adjacent to an activating group) is 1. The predicted molar refractivity (Wildman–Crippen MR) is 70.8 cm³/mol. The summed E-state index contributed by atoms with van der Waals surface area (Å²) in [5.74, 6) is -0.875. The van der Waals surface area contributed by atoms with E-state index in [1.807, 2.05) is 6.07 Å². The van der Waals surface area contributed by atoms with Crippen LogP contribution in [0.3, 0.4) is 0 Å². The first-order valence-corrected chi connectivity index (χ1v) is 6.34. The van der Waals surface area contributed by atoms with Crippen LogP contribution in [0.1, 0.15) is 10.4 Å². The number of hydrogen-bond acceptors (Lipinski definition) is 3. The van der Waals surface area contributed by atoms with Crippen molar-refractivity contribution in [1.29, 1.82) is 0 Å². The average molecular weight is 299 g/mol. The lowest BCUT2D eigenvalue weighted by molar-refractivity contribution is 0.0697. The van der Waals surface area contributed by atoms with Gasteiger partial charge in [0.1, 0.15) is 0 Å². The molecule has 1 heterocycles. The second-order valence-corrected chi connectivity index (χ2v) is 5.09. The Kier molecular flexibility index (Phi) is 3.69. The molecule has 0 amide bonds. The number of halogens is 1. The molecule has 1 aliphatic heterocycles. The van der Waals surface area contributed by atoms with Gasteiger partial charge in [0.2, 0.25) is 0 Å². The summed E-state index contributed by atoms with van der Waals surface area (Å²) in [7, 11) is 2.08. The molecule has 0 aromatic heterocycles. The van der Waals surface area contributed by atoms with E-state index in [0.717, 1.165) is 36.3 Å². The molecule has 0 radical (unpaired) electrons. The fourth-order valence-corrected chi connectivity index (χ4v) is 2.66. The Morgan fingerprint density at radius 2 is 1.94 bits per heavy atom. The van der Waals surface area contributed by atoms with Crippen LogP contribution in [0.4, 0.5) is 5.69 Å². The molecule has 2 rings (SSSR count). The van der Waals surface area contributed by atoms with Gasteiger partial charge in [-0.3, -0.25) is 0 Å². The molecular weight excluding hydrogens is 284 g/mol. The van der Waals surface area contributed by atoms with E-state index in [9.17, 15) is 9.90 Å². The van der Waals surface area contributed by atoms with Crippen LogP contribution < -0.4 is 4.90 Å². The van der Waals surface area contributed by atoms with E-state index in [2.05, 4.69) is 32.8 Å². The van der Waals surface area contributed by atoms with E-state index in [1.54, 1.807) is 12.1 Å². The number of rotatable bonds is 2. The van der Waals surface area contributed by atoms with Crippen molar-refractivity contribution in [2.75, 3.05) is 38.1 Å². The van der Waals surface area contributed by atoms with Gasteiger partial charge in [-0.05, 0) is 35.1 Å². The van der Waals surface area contributed by atoms with Crippen molar-refractivity contribution in [1.82, 2.24) is 4.90 Å². The smallest absolute Gasteiger partial charge is 0.337 e. The number of piperazine rings is 1. The molecule has 0 saturated carbocycles. The van der Waals surface area contributed by atoms with Gasteiger partial charge in [-0.1, -0.05) is 6.07 Å². The number of carboxylic acids is 1. The molecule has 92 valence electrons. The van der Waals surface area contributed by atoms with Crippen LogP contribution in [-0.4, -0.2) is 49.2 Å². The molecule has 1 aliphatic rings. The van der Waals surface area contributed by atoms with Crippen molar-refractivity contribution in [2.45, 2.75) is 0 Å². The molecule has 1 aromatic carbocycles. The van der Waals surface area contributed by atoms with Gasteiger partial charge in [0.05, 0.1) is 11.3 Å². The van der Waals surface area contributed by atoms with Crippen LogP contribution in [0.25, 0.3) is 0 Å². The molecule has 0 bridgehead atoms. The Balaban J connectivity index is 2.33. The minimum Gasteiger partial charge on any atom is -0.478 e. The molecule has 0 spiro atoms. The van der Waals surface area contributed by atoms with Gasteiger partial charge in [-0.25, -0.2) is 4.79 Å². The van der Waals surface area contributed by atoms with Gasteiger partial charge in [-0.2, -0.15) is 0 Å². The molecule has 1 aromatic rings. The first-order valence-electron chi connectivity index (χ1n) is 5.55. The zero-order chi connectivity index (χ0) is 12.4. The zero-order valence-corrected chi connectivity index (χ0v) is 11.3. The Bertz CT molecular complexity index is 429. The van der Waals surface area contributed by atoms with Gasteiger partial charge in [0, 0.05) is 30.7 Å². The third kappa shape index (κ3) is 2.61. The molecule has 0 atom stereocenters. The number of carbonyl (C=O) groups is 1. The minimum absolute atomic E-state index is 0.365. The van der Waals surface area contributed by atoms with E-state index in [-0.39, 0.29) is 0 Å². The van der Waals surface area contributed by atoms with E-state index in [4.69, 9.17) is 0 Å². The van der Waals surface area contributed by atoms with Crippen molar-refractivity contribution >= 4 is 27.6 Å². The lowest BCUT2D eigenvalue weighted by Crippen LogP contribution is -2.45. The lowest BCUT2D eigenvalue weighted by atomic mass is 10.1. The fraction of sp³-hybridized carbons (Fsp3) is 0.417. The molecule has 1 saturated heterocycles. The summed E-state index contributed by atoms with van der Waals surface area (Å²) in [5, 5.41) is 9.21. The summed E-state index contributed by atoms with van der Waals surface area (Å²) in [4.78, 5) is 15.6. The number of para-hydroxylation sites is 1. The second kappa shape index (κ2) is 5.06. The molecule has 4 nitrogen and oxygen atoms in total. The van der Waals surface area contributed by atoms with E-state index in [1.165, 1.54) is 0 Å². The van der Waals surface area contributed by atoms with Gasteiger partial charge in [-0.15, -0.1) is 0 Å². The first-order chi connectivity index (χ1) is 8.09. The van der Waals surface area contributed by atoms with Crippen LogP contribution in [0, 0.1) is 0 Å². The van der Waals surface area contributed by atoms with E-state index < -0.39 is 5.97 Å². The highest BCUT2D eigenvalue weighted by Gasteiger charge is 2.21. The Labute approximate surface area is 109 Å². The Hall–Kier alpha value is -1.07. The molecule has 1 N–H and O–H groups in total. The summed E-state index contributed by atoms with van der Waals surface area (Å²) in [5.41, 5.74) is 1.16. The monoisotopic (exact) mass is 298 g/mol. The topological polar surface area (TPSA) is 43.8 Å². The predicted octanol–water partition coefficient (Wildman–Crippen LogP) is 1.90. The van der Waals surface area contributed by atoms with Crippen molar-refractivity contribution in [3.63, 3.8) is 0 Å². The van der Waals surface area contributed by atoms with Gasteiger partial charge >= 0.3 is 5.97 Å². The summed E-state index contributed by atoms with van der Waals surface area (Å²) >= 11 is 3.45. The number of carboxylic acid groups (broad SMARTS) is 1. The van der Waals surface area contributed by atoms with E-state index >= 15 is 0 Å². The van der Waals surface area contributed by atoms with Crippen molar-refractivity contribution in [2.24, 2.45) is 0 Å². The Morgan fingerprint density at radius 3 is 2.53 bits per heavy atom. The number of hydrogen-bond donors (Lipinski definition) is 1. The molecular formula is C12H15BrN2O2. The molecule has 0 unspecified atom stereocenters. The summed E-state index contributed by atoms with van der Waals surface area (Å²) in [6.07, 6.45) is 0. The average Bonchev–Trinajstić information content (AvgIpc) is 2.30. The summed E-state index contributed by atoms with van der Waals surface area (Å²) in [6.45, 7) is 3.64. The van der Waals surface area contributed by atoms with Gasteiger partial charge in [0.25, 0.3) is 0 Å². The van der Waals surface area contributed by atoms with Crippen molar-refractivity contribution in [3.8, 4) is 0 Å². The minimum atomic E-state index is -0.875. The first kappa shape index (κ1) is 12.4. The second-order valence-electron chi connectivity index (χ2n) is 4.23. The molecule has 0 aliphatic carbocycles. The number of benzene rings is 1. The fourth-order valence-electron chi connectivity index (χ4n) is 2.04. The maximum Gasteiger partial charge on any atom is 0.337 e. The van der Waals surface area contributed by atoms with Gasteiger partial charge in [0.15, 0.2) is 0 Å². The van der Waals surface area contributed by atoms with Crippen LogP contribution in [0.5, 0.6) is 0 Å². The van der Waals surface area contributed by atoms with Crippen LogP contribution in [-0.2, 0) is 0 Å². The third-order valence-electron chi connectivity index (χ3n) is 3.04. The van der Waals surface area contributed by atoms with Gasteiger partial charge < -0.3 is 14.9 Å². The third-order valence-corrected chi connectivity index (χ3v) is 3.68. The number of aromatic carboxylic acids is 1. The molecule has 5 heteroatoms. The SMILES string of the molecule is CN1CCN(c2c(Br)cccc2C(=O)O)CC1. The number of nitrogens with zero attached hydrogens (tertiary/aromatic N) is 2. The highest BCUT2D eigenvalue weighted by atomic mass is 79.9. The van der Waals surface area contributed by atoms with Crippen LogP contribution in [0.15, 0.2) is 22.7 Å². The van der Waals surface area contributed by atoms with Crippen molar-refractivity contribution in [3.05, 3.63) is 28.2 Å². The molecule has 17 heavy (non-hydrogen) atoms. The largest absolute Gasteiger partial charge is 0.478 e. The Morgan fingerprint density at radius 1 is 1.29 bits per heavy atom. The maximum absolute atomic E-state index is 11.2. The summed E-state index contributed by atoms with van der Waals surface area (Å²) in [6, 6.07) is 5.30. The van der Waals surface area contributed by atoms with Crippen LogP contribution in [0.2, 0.25) is 0 Å². The number of anilines is 1. The summed E-state index contributed by atoms with van der Waals surface area (Å²) < 4.78 is 0.849.